The molecule has 5 nitrogen and oxygen atoms in total. The second kappa shape index (κ2) is 11.4. The van der Waals surface area contributed by atoms with Crippen LogP contribution in [0.3, 0.4) is 0 Å². The molecule has 0 spiro atoms. The van der Waals surface area contributed by atoms with Gasteiger partial charge < -0.3 is 11.1 Å². The molecule has 0 aromatic rings. The average molecular weight is 308 g/mol. The van der Waals surface area contributed by atoms with E-state index in [1.165, 1.54) is 13.0 Å². The van der Waals surface area contributed by atoms with Crippen molar-refractivity contribution in [3.8, 4) is 0 Å². The maximum Gasteiger partial charge on any atom is 0.236 e. The van der Waals surface area contributed by atoms with Gasteiger partial charge in [0, 0.05) is 6.54 Å². The first kappa shape index (κ1) is 19.8. The summed E-state index contributed by atoms with van der Waals surface area (Å²) in [6.07, 6.45) is 9.06. The summed E-state index contributed by atoms with van der Waals surface area (Å²) in [4.78, 5) is 11.3. The zero-order valence-corrected chi connectivity index (χ0v) is 13.3. The van der Waals surface area contributed by atoms with Crippen molar-refractivity contribution in [1.29, 1.82) is 0 Å². The second-order valence-electron chi connectivity index (χ2n) is 4.55. The summed E-state index contributed by atoms with van der Waals surface area (Å²) in [7, 11) is 0. The van der Waals surface area contributed by atoms with Gasteiger partial charge in [-0.05, 0) is 39.0 Å². The van der Waals surface area contributed by atoms with Crippen LogP contribution in [-0.2, 0) is 4.79 Å². The van der Waals surface area contributed by atoms with Crippen molar-refractivity contribution in [3.63, 3.8) is 0 Å². The number of carbonyl (C=O) groups is 1. The van der Waals surface area contributed by atoms with Crippen LogP contribution < -0.4 is 16.5 Å². The van der Waals surface area contributed by atoms with Gasteiger partial charge in [0.25, 0.3) is 0 Å². The minimum atomic E-state index is -1.21. The third-order valence-electron chi connectivity index (χ3n) is 2.50. The van der Waals surface area contributed by atoms with E-state index >= 15 is 0 Å². The molecule has 1 amide bonds. The van der Waals surface area contributed by atoms with Crippen LogP contribution in [-0.4, -0.2) is 30.4 Å². The predicted molar refractivity (Wildman–Crippen MR) is 90.0 cm³/mol. The Hall–Kier alpha value is -2.21. The molecular formula is C16H25FN4O. The number of rotatable bonds is 9. The fourth-order valence-electron chi connectivity index (χ4n) is 1.26. The highest BCUT2D eigenvalue weighted by atomic mass is 19.1. The smallest absolute Gasteiger partial charge is 0.236 e. The van der Waals surface area contributed by atoms with Crippen LogP contribution in [0.5, 0.6) is 0 Å². The lowest BCUT2D eigenvalue weighted by atomic mass is 10.3. The van der Waals surface area contributed by atoms with E-state index in [0.29, 0.717) is 12.2 Å². The lowest BCUT2D eigenvalue weighted by molar-refractivity contribution is -0.121. The van der Waals surface area contributed by atoms with Gasteiger partial charge in [0.1, 0.15) is 6.17 Å². The first-order chi connectivity index (χ1) is 10.4. The van der Waals surface area contributed by atoms with E-state index in [1.54, 1.807) is 25.2 Å². The van der Waals surface area contributed by atoms with Gasteiger partial charge in [-0.1, -0.05) is 24.8 Å². The molecule has 2 atom stereocenters. The molecule has 22 heavy (non-hydrogen) atoms. The summed E-state index contributed by atoms with van der Waals surface area (Å²) < 4.78 is 13.2. The van der Waals surface area contributed by atoms with Crippen LogP contribution in [0.4, 0.5) is 4.39 Å². The van der Waals surface area contributed by atoms with Crippen molar-refractivity contribution in [2.75, 3.05) is 6.54 Å². The van der Waals surface area contributed by atoms with Gasteiger partial charge in [0.2, 0.25) is 5.91 Å². The molecule has 0 fully saturated rings. The maximum atomic E-state index is 13.2. The maximum absolute atomic E-state index is 13.2. The quantitative estimate of drug-likeness (QED) is 0.346. The van der Waals surface area contributed by atoms with Crippen molar-refractivity contribution in [2.45, 2.75) is 33.0 Å². The predicted octanol–water partition coefficient (Wildman–Crippen LogP) is 1.96. The Morgan fingerprint density at radius 2 is 2.14 bits per heavy atom. The van der Waals surface area contributed by atoms with E-state index in [-0.39, 0.29) is 11.6 Å². The molecule has 0 aliphatic carbocycles. The molecule has 0 aromatic carbocycles. The van der Waals surface area contributed by atoms with Crippen LogP contribution in [0.25, 0.3) is 0 Å². The van der Waals surface area contributed by atoms with E-state index in [0.717, 1.165) is 0 Å². The van der Waals surface area contributed by atoms with Gasteiger partial charge in [0.05, 0.1) is 17.5 Å². The van der Waals surface area contributed by atoms with Crippen molar-refractivity contribution >= 4 is 11.6 Å². The molecular weight excluding hydrogens is 283 g/mol. The molecule has 0 radical (unpaired) electrons. The van der Waals surface area contributed by atoms with Gasteiger partial charge in [-0.2, -0.15) is 5.10 Å². The average Bonchev–Trinajstić information content (AvgIpc) is 2.47. The lowest BCUT2D eigenvalue weighted by Crippen LogP contribution is -2.38. The summed E-state index contributed by atoms with van der Waals surface area (Å²) in [5, 5.41) is 6.60. The molecule has 0 rings (SSSR count). The lowest BCUT2D eigenvalue weighted by Gasteiger charge is -2.06. The topological polar surface area (TPSA) is 79.5 Å². The van der Waals surface area contributed by atoms with Crippen LogP contribution in [0, 0.1) is 0 Å². The number of allylic oxidation sites excluding steroid dienone is 5. The number of carbonyl (C=O) groups excluding carboxylic acids is 1. The number of nitrogens with zero attached hydrogens (tertiary/aromatic N) is 1. The van der Waals surface area contributed by atoms with Crippen molar-refractivity contribution in [1.82, 2.24) is 10.7 Å². The van der Waals surface area contributed by atoms with Crippen molar-refractivity contribution < 1.29 is 9.18 Å². The molecule has 0 heterocycles. The van der Waals surface area contributed by atoms with Gasteiger partial charge in [-0.25, -0.2) is 4.39 Å². The molecule has 0 aliphatic rings. The normalized spacial score (nSPS) is 15.9. The van der Waals surface area contributed by atoms with Crippen LogP contribution in [0.2, 0.25) is 0 Å². The Balaban J connectivity index is 4.73. The summed E-state index contributed by atoms with van der Waals surface area (Å²) in [5.74, 6) is -0.227. The number of amides is 1. The molecule has 0 aliphatic heterocycles. The summed E-state index contributed by atoms with van der Waals surface area (Å²) >= 11 is 0. The van der Waals surface area contributed by atoms with Crippen LogP contribution in [0.15, 0.2) is 53.8 Å². The van der Waals surface area contributed by atoms with Crippen molar-refractivity contribution in [3.05, 3.63) is 48.7 Å². The van der Waals surface area contributed by atoms with Gasteiger partial charge in [-0.15, -0.1) is 0 Å². The second-order valence-corrected chi connectivity index (χ2v) is 4.55. The summed E-state index contributed by atoms with van der Waals surface area (Å²) in [5.41, 5.74) is 9.06. The van der Waals surface area contributed by atoms with Crippen LogP contribution >= 0.6 is 0 Å². The number of hydrogen-bond acceptors (Lipinski definition) is 4. The molecule has 0 aromatic heterocycles. The van der Waals surface area contributed by atoms with Gasteiger partial charge in [0.15, 0.2) is 0 Å². The third kappa shape index (κ3) is 8.86. The number of hydrogen-bond donors (Lipinski definition) is 3. The Morgan fingerprint density at radius 3 is 2.64 bits per heavy atom. The number of alkyl halides is 1. The Kier molecular flexibility index (Phi) is 10.3. The SMILES string of the molecule is C=C/C(=N\NC(/C=C/CNC(=O)C(C)N)=C/C=C\C)C(C)F. The molecule has 6 heteroatoms. The van der Waals surface area contributed by atoms with Gasteiger partial charge in [-0.3, -0.25) is 10.2 Å². The number of nitrogens with one attached hydrogen (secondary N) is 2. The zero-order valence-electron chi connectivity index (χ0n) is 13.3. The minimum absolute atomic E-state index is 0.213. The molecule has 2 unspecified atom stereocenters. The van der Waals surface area contributed by atoms with Crippen LogP contribution in [0.1, 0.15) is 20.8 Å². The minimum Gasteiger partial charge on any atom is -0.351 e. The van der Waals surface area contributed by atoms with Gasteiger partial charge >= 0.3 is 0 Å². The first-order valence-corrected chi connectivity index (χ1v) is 7.05. The highest BCUT2D eigenvalue weighted by molar-refractivity contribution is 5.97. The fourth-order valence-corrected chi connectivity index (χ4v) is 1.26. The molecule has 0 saturated carbocycles. The van der Waals surface area contributed by atoms with E-state index in [2.05, 4.69) is 22.4 Å². The third-order valence-corrected chi connectivity index (χ3v) is 2.50. The van der Waals surface area contributed by atoms with Crippen molar-refractivity contribution in [2.24, 2.45) is 10.8 Å². The summed E-state index contributed by atoms with van der Waals surface area (Å²) in [6.45, 7) is 8.73. The molecule has 0 bridgehead atoms. The zero-order chi connectivity index (χ0) is 17.0. The highest BCUT2D eigenvalue weighted by Gasteiger charge is 2.05. The Labute approximate surface area is 131 Å². The number of halogens is 1. The van der Waals surface area contributed by atoms with E-state index in [1.807, 2.05) is 19.1 Å². The van der Waals surface area contributed by atoms with E-state index in [4.69, 9.17) is 5.73 Å². The number of hydrazone groups is 1. The first-order valence-electron chi connectivity index (χ1n) is 7.05. The Morgan fingerprint density at radius 1 is 1.45 bits per heavy atom. The highest BCUT2D eigenvalue weighted by Crippen LogP contribution is 1.98. The van der Waals surface area contributed by atoms with E-state index in [9.17, 15) is 9.18 Å². The Bertz CT molecular complexity index is 477. The fraction of sp³-hybridized carbons (Fsp3) is 0.375. The monoisotopic (exact) mass is 308 g/mol. The summed E-state index contributed by atoms with van der Waals surface area (Å²) in [6, 6.07) is -0.546. The number of nitrogens with two attached hydrogens (primary N) is 1. The standard InChI is InChI=1S/C16H25FN4O/c1-5-7-9-14(20-21-15(6-2)12(3)17)10-8-11-19-16(22)13(4)18/h5-10,12-13,20H,2,11,18H2,1,3-4H3,(H,19,22)/b7-5-,10-8+,14-9+,21-15+. The molecule has 0 saturated heterocycles. The van der Waals surface area contributed by atoms with E-state index < -0.39 is 12.2 Å². The molecule has 4 N–H and O–H groups in total. The molecule has 122 valence electrons. The largest absolute Gasteiger partial charge is 0.351 e.